The Balaban J connectivity index is 0.00000210. The second-order valence-corrected chi connectivity index (χ2v) is 6.65. The van der Waals surface area contributed by atoms with Gasteiger partial charge < -0.3 is 15.1 Å². The quantitative estimate of drug-likeness (QED) is 0.679. The Morgan fingerprint density at radius 2 is 2.07 bits per heavy atom. The van der Waals surface area contributed by atoms with Crippen LogP contribution in [0.15, 0.2) is 46.9 Å². The number of rotatable bonds is 5. The maximum atomic E-state index is 13.0. The van der Waals surface area contributed by atoms with Crippen LogP contribution < -0.4 is 10.6 Å². The van der Waals surface area contributed by atoms with E-state index in [0.717, 1.165) is 25.9 Å². The van der Waals surface area contributed by atoms with Crippen molar-refractivity contribution in [2.24, 2.45) is 5.92 Å². The largest absolute Gasteiger partial charge is 0.436 e. The van der Waals surface area contributed by atoms with Crippen LogP contribution in [0.4, 0.5) is 10.1 Å². The number of fused-ring (bicyclic) bond motifs is 1. The van der Waals surface area contributed by atoms with E-state index in [1.807, 2.05) is 12.1 Å². The van der Waals surface area contributed by atoms with Gasteiger partial charge in [-0.25, -0.2) is 9.37 Å². The lowest BCUT2D eigenvalue weighted by atomic mass is 10.0. The zero-order valence-electron chi connectivity index (χ0n) is 14.7. The summed E-state index contributed by atoms with van der Waals surface area (Å²) in [6.45, 7) is 2.05. The number of amides is 1. The van der Waals surface area contributed by atoms with Crippen LogP contribution in [0.2, 0.25) is 0 Å². The Kier molecular flexibility index (Phi) is 6.08. The maximum Gasteiger partial charge on any atom is 0.227 e. The van der Waals surface area contributed by atoms with Crippen LogP contribution in [0.1, 0.15) is 19.3 Å². The Morgan fingerprint density at radius 3 is 2.81 bits per heavy atom. The van der Waals surface area contributed by atoms with Gasteiger partial charge in [-0.15, -0.1) is 12.4 Å². The standard InChI is InChI=1S/C20H20FN3O2.ClH/c21-15-4-2-14(3-5-15)20-24-17-7-6-16(11-18(17)26-20)23-19(25)8-1-13-9-10-22-12-13;/h2-7,11,13,22H,1,8-10,12H2,(H,23,25);1H. The van der Waals surface area contributed by atoms with Crippen LogP contribution in [-0.2, 0) is 4.79 Å². The van der Waals surface area contributed by atoms with Crippen LogP contribution >= 0.6 is 12.4 Å². The Morgan fingerprint density at radius 1 is 1.26 bits per heavy atom. The van der Waals surface area contributed by atoms with Crippen molar-refractivity contribution in [3.8, 4) is 11.5 Å². The number of aromatic nitrogens is 1. The third-order valence-electron chi connectivity index (χ3n) is 4.71. The maximum absolute atomic E-state index is 13.0. The average Bonchev–Trinajstić information content (AvgIpc) is 3.30. The molecular weight excluding hydrogens is 369 g/mol. The summed E-state index contributed by atoms with van der Waals surface area (Å²) in [5, 5.41) is 6.23. The van der Waals surface area contributed by atoms with E-state index < -0.39 is 0 Å². The van der Waals surface area contributed by atoms with Crippen molar-refractivity contribution in [2.45, 2.75) is 19.3 Å². The molecule has 1 saturated heterocycles. The topological polar surface area (TPSA) is 67.2 Å². The van der Waals surface area contributed by atoms with E-state index in [2.05, 4.69) is 15.6 Å². The van der Waals surface area contributed by atoms with Crippen LogP contribution in [0, 0.1) is 11.7 Å². The van der Waals surface area contributed by atoms with Gasteiger partial charge in [-0.1, -0.05) is 0 Å². The van der Waals surface area contributed by atoms with Gasteiger partial charge >= 0.3 is 0 Å². The van der Waals surface area contributed by atoms with Gasteiger partial charge in [-0.3, -0.25) is 4.79 Å². The highest BCUT2D eigenvalue weighted by Crippen LogP contribution is 2.26. The fraction of sp³-hybridized carbons (Fsp3) is 0.300. The Labute approximate surface area is 162 Å². The molecule has 1 aliphatic rings. The van der Waals surface area contributed by atoms with Gasteiger partial charge in [0.05, 0.1) is 0 Å². The predicted octanol–water partition coefficient (Wildman–Crippen LogP) is 4.38. The number of oxazole rings is 1. The smallest absolute Gasteiger partial charge is 0.227 e. The lowest BCUT2D eigenvalue weighted by Crippen LogP contribution is -2.14. The molecule has 1 aromatic heterocycles. The lowest BCUT2D eigenvalue weighted by Gasteiger charge is -2.08. The number of hydrogen-bond acceptors (Lipinski definition) is 4. The number of benzene rings is 2. The summed E-state index contributed by atoms with van der Waals surface area (Å²) >= 11 is 0. The van der Waals surface area contributed by atoms with Gasteiger partial charge in [-0.2, -0.15) is 0 Å². The van der Waals surface area contributed by atoms with Gasteiger partial charge in [-0.05, 0) is 68.2 Å². The second-order valence-electron chi connectivity index (χ2n) is 6.65. The molecule has 5 nitrogen and oxygen atoms in total. The molecule has 7 heteroatoms. The van der Waals surface area contributed by atoms with E-state index in [0.29, 0.717) is 40.6 Å². The van der Waals surface area contributed by atoms with Crippen molar-refractivity contribution in [1.29, 1.82) is 0 Å². The lowest BCUT2D eigenvalue weighted by molar-refractivity contribution is -0.116. The summed E-state index contributed by atoms with van der Waals surface area (Å²) in [5.74, 6) is 0.728. The molecule has 0 spiro atoms. The fourth-order valence-electron chi connectivity index (χ4n) is 3.24. The van der Waals surface area contributed by atoms with Gasteiger partial charge in [0.2, 0.25) is 11.8 Å². The molecular formula is C20H21ClFN3O2. The molecule has 0 radical (unpaired) electrons. The first-order chi connectivity index (χ1) is 12.7. The number of anilines is 1. The zero-order chi connectivity index (χ0) is 17.9. The van der Waals surface area contributed by atoms with Crippen molar-refractivity contribution < 1.29 is 13.6 Å². The molecule has 1 fully saturated rings. The molecule has 27 heavy (non-hydrogen) atoms. The van der Waals surface area contributed by atoms with Crippen LogP contribution in [0.5, 0.6) is 0 Å². The van der Waals surface area contributed by atoms with Gasteiger partial charge in [0.15, 0.2) is 5.58 Å². The van der Waals surface area contributed by atoms with Gasteiger partial charge in [0.1, 0.15) is 11.3 Å². The van der Waals surface area contributed by atoms with Crippen molar-refractivity contribution in [2.75, 3.05) is 18.4 Å². The normalized spacial score (nSPS) is 16.3. The average molecular weight is 390 g/mol. The van der Waals surface area contributed by atoms with E-state index in [-0.39, 0.29) is 24.1 Å². The highest BCUT2D eigenvalue weighted by molar-refractivity contribution is 5.93. The summed E-state index contributed by atoms with van der Waals surface area (Å²) < 4.78 is 18.8. The summed E-state index contributed by atoms with van der Waals surface area (Å²) in [4.78, 5) is 16.6. The van der Waals surface area contributed by atoms with Gasteiger partial charge in [0.25, 0.3) is 0 Å². The molecule has 1 aliphatic heterocycles. The highest BCUT2D eigenvalue weighted by atomic mass is 35.5. The SMILES string of the molecule is Cl.O=C(CCC1CCNC1)Nc1ccc2nc(-c3ccc(F)cc3)oc2c1. The second kappa shape index (κ2) is 8.50. The summed E-state index contributed by atoms with van der Waals surface area (Å²) in [7, 11) is 0. The van der Waals surface area contributed by atoms with Crippen molar-refractivity contribution >= 4 is 35.1 Å². The first-order valence-electron chi connectivity index (χ1n) is 8.84. The van der Waals surface area contributed by atoms with Crippen LogP contribution in [0.3, 0.4) is 0 Å². The number of carbonyl (C=O) groups is 1. The molecule has 0 bridgehead atoms. The van der Waals surface area contributed by atoms with Crippen LogP contribution in [-0.4, -0.2) is 24.0 Å². The van der Waals surface area contributed by atoms with E-state index in [1.165, 1.54) is 12.1 Å². The molecule has 142 valence electrons. The molecule has 2 heterocycles. The van der Waals surface area contributed by atoms with Crippen LogP contribution in [0.25, 0.3) is 22.6 Å². The number of hydrogen-bond donors (Lipinski definition) is 2. The van der Waals surface area contributed by atoms with Crippen molar-refractivity contribution in [1.82, 2.24) is 10.3 Å². The van der Waals surface area contributed by atoms with E-state index >= 15 is 0 Å². The number of nitrogens with zero attached hydrogens (tertiary/aromatic N) is 1. The Bertz CT molecular complexity index is 921. The molecule has 1 atom stereocenters. The van der Waals surface area contributed by atoms with E-state index in [1.54, 1.807) is 18.2 Å². The third-order valence-corrected chi connectivity index (χ3v) is 4.71. The first-order valence-corrected chi connectivity index (χ1v) is 8.84. The number of carbonyl (C=O) groups excluding carboxylic acids is 1. The number of nitrogens with one attached hydrogen (secondary N) is 2. The minimum Gasteiger partial charge on any atom is -0.436 e. The molecule has 1 unspecified atom stereocenters. The third kappa shape index (κ3) is 4.64. The predicted molar refractivity (Wildman–Crippen MR) is 105 cm³/mol. The molecule has 4 rings (SSSR count). The summed E-state index contributed by atoms with van der Waals surface area (Å²) in [5.41, 5.74) is 2.67. The van der Waals surface area contributed by atoms with Crippen molar-refractivity contribution in [3.05, 3.63) is 48.3 Å². The first kappa shape index (κ1) is 19.3. The molecule has 2 N–H and O–H groups in total. The molecule has 0 aliphatic carbocycles. The monoisotopic (exact) mass is 389 g/mol. The van der Waals surface area contributed by atoms with E-state index in [4.69, 9.17) is 4.42 Å². The number of halogens is 2. The molecule has 0 saturated carbocycles. The van der Waals surface area contributed by atoms with Gasteiger partial charge in [0, 0.05) is 23.7 Å². The molecule has 1 amide bonds. The highest BCUT2D eigenvalue weighted by Gasteiger charge is 2.16. The minimum absolute atomic E-state index is 0. The Hall–Kier alpha value is -2.44. The summed E-state index contributed by atoms with van der Waals surface area (Å²) in [6.07, 6.45) is 2.56. The van der Waals surface area contributed by atoms with Crippen molar-refractivity contribution in [3.63, 3.8) is 0 Å². The molecule has 3 aromatic rings. The minimum atomic E-state index is -0.303. The van der Waals surface area contributed by atoms with E-state index in [9.17, 15) is 9.18 Å². The summed E-state index contributed by atoms with van der Waals surface area (Å²) in [6, 6.07) is 11.4. The zero-order valence-corrected chi connectivity index (χ0v) is 15.5. The molecule has 2 aromatic carbocycles. The fourth-order valence-corrected chi connectivity index (χ4v) is 3.24.